The summed E-state index contributed by atoms with van der Waals surface area (Å²) >= 11 is 0. The van der Waals surface area contributed by atoms with Crippen LogP contribution in [0.5, 0.6) is 0 Å². The quantitative estimate of drug-likeness (QED) is 0.0745. The van der Waals surface area contributed by atoms with Crippen LogP contribution in [0.25, 0.3) is 0 Å². The topological polar surface area (TPSA) is 241 Å². The van der Waals surface area contributed by atoms with Crippen LogP contribution in [0.1, 0.15) is 25.7 Å². The van der Waals surface area contributed by atoms with E-state index in [4.69, 9.17) is 21.7 Å². The van der Waals surface area contributed by atoms with Gasteiger partial charge in [0.05, 0.1) is 19.3 Å². The Morgan fingerprint density at radius 1 is 1.00 bits per heavy atom. The van der Waals surface area contributed by atoms with Crippen molar-refractivity contribution in [3.63, 3.8) is 0 Å². The second-order valence-corrected chi connectivity index (χ2v) is 6.98. The number of nitrogens with two attached hydrogens (primary N) is 2. The molecule has 0 aliphatic carbocycles. The van der Waals surface area contributed by atoms with Crippen molar-refractivity contribution in [3.8, 4) is 0 Å². The lowest BCUT2D eigenvalue weighted by atomic mass is 10.1. The Kier molecular flexibility index (Phi) is 11.2. The zero-order valence-corrected chi connectivity index (χ0v) is 17.0. The molecule has 4 atom stereocenters. The van der Waals surface area contributed by atoms with Crippen molar-refractivity contribution in [1.29, 1.82) is 0 Å². The van der Waals surface area contributed by atoms with E-state index in [1.807, 2.05) is 0 Å². The molecule has 14 heteroatoms. The molecule has 0 aromatic carbocycles. The van der Waals surface area contributed by atoms with Gasteiger partial charge in [-0.3, -0.25) is 19.4 Å². The van der Waals surface area contributed by atoms with Crippen molar-refractivity contribution in [2.75, 3.05) is 26.3 Å². The minimum Gasteiger partial charge on any atom is -0.480 e. The second kappa shape index (κ2) is 13.4. The van der Waals surface area contributed by atoms with Gasteiger partial charge in [0.25, 0.3) is 0 Å². The Balaban J connectivity index is 2.80. The molecule has 0 radical (unpaired) electrons. The Bertz CT molecular complexity index is 663. The number of aliphatic imine (C=N–C) groups is 1. The third kappa shape index (κ3) is 9.15. The number of carboxylic acids is 1. The monoisotopic (exact) mass is 445 g/mol. The van der Waals surface area contributed by atoms with Gasteiger partial charge in [0.2, 0.25) is 17.7 Å². The highest BCUT2D eigenvalue weighted by atomic mass is 16.4. The fourth-order valence-corrected chi connectivity index (χ4v) is 2.88. The summed E-state index contributed by atoms with van der Waals surface area (Å²) in [6, 6.07) is -4.56. The van der Waals surface area contributed by atoms with Crippen LogP contribution in [0.2, 0.25) is 0 Å². The lowest BCUT2D eigenvalue weighted by Crippen LogP contribution is -2.58. The lowest BCUT2D eigenvalue weighted by Gasteiger charge is -2.24. The van der Waals surface area contributed by atoms with Gasteiger partial charge in [-0.05, 0) is 32.2 Å². The fraction of sp³-hybridized carbons (Fsp3) is 0.706. The number of carboxylic acid groups (broad SMARTS) is 1. The first-order valence-corrected chi connectivity index (χ1v) is 9.84. The highest BCUT2D eigenvalue weighted by molar-refractivity contribution is 5.94. The largest absolute Gasteiger partial charge is 0.480 e. The molecule has 1 aliphatic rings. The minimum absolute atomic E-state index is 0.0302. The molecule has 4 unspecified atom stereocenters. The highest BCUT2D eigenvalue weighted by Gasteiger charge is 2.30. The average Bonchev–Trinajstić information content (AvgIpc) is 3.26. The summed E-state index contributed by atoms with van der Waals surface area (Å²) in [6.07, 6.45) is 1.69. The number of aliphatic hydroxyl groups is 2. The highest BCUT2D eigenvalue weighted by Crippen LogP contribution is 2.06. The van der Waals surface area contributed by atoms with Crippen LogP contribution in [0.4, 0.5) is 0 Å². The second-order valence-electron chi connectivity index (χ2n) is 6.98. The first kappa shape index (κ1) is 26.1. The van der Waals surface area contributed by atoms with Crippen molar-refractivity contribution in [2.45, 2.75) is 49.9 Å². The maximum absolute atomic E-state index is 12.6. The number of aliphatic hydroxyl groups excluding tert-OH is 2. The van der Waals surface area contributed by atoms with Crippen LogP contribution in [-0.2, 0) is 19.2 Å². The molecule has 1 rings (SSSR count). The van der Waals surface area contributed by atoms with Gasteiger partial charge >= 0.3 is 5.97 Å². The molecule has 176 valence electrons. The number of carbonyl (C=O) groups is 4. The van der Waals surface area contributed by atoms with E-state index >= 15 is 0 Å². The maximum atomic E-state index is 12.6. The smallest absolute Gasteiger partial charge is 0.328 e. The minimum atomic E-state index is -1.56. The Morgan fingerprint density at radius 3 is 2.13 bits per heavy atom. The predicted octanol–water partition coefficient (Wildman–Crippen LogP) is -4.68. The first-order chi connectivity index (χ1) is 14.7. The number of amides is 3. The number of hydrogen-bond donors (Lipinski definition) is 9. The Hall–Kier alpha value is -2.97. The van der Waals surface area contributed by atoms with Crippen LogP contribution in [0.3, 0.4) is 0 Å². The van der Waals surface area contributed by atoms with Gasteiger partial charge in [0.15, 0.2) is 5.96 Å². The zero-order valence-electron chi connectivity index (χ0n) is 17.0. The van der Waals surface area contributed by atoms with E-state index in [0.717, 1.165) is 6.42 Å². The van der Waals surface area contributed by atoms with E-state index in [9.17, 15) is 24.3 Å². The van der Waals surface area contributed by atoms with Gasteiger partial charge in [-0.15, -0.1) is 0 Å². The Labute approximate surface area is 178 Å². The molecule has 0 aromatic heterocycles. The normalized spacial score (nSPS) is 18.3. The number of carbonyl (C=O) groups excluding carboxylic acids is 3. The molecule has 1 aliphatic heterocycles. The number of nitrogens with one attached hydrogen (secondary N) is 4. The number of guanidine groups is 1. The van der Waals surface area contributed by atoms with Gasteiger partial charge in [0, 0.05) is 6.54 Å². The first-order valence-electron chi connectivity index (χ1n) is 9.84. The summed E-state index contributed by atoms with van der Waals surface area (Å²) in [6.45, 7) is -0.736. The van der Waals surface area contributed by atoms with Crippen LogP contribution in [-0.4, -0.2) is 95.4 Å². The molecule has 3 amide bonds. The average molecular weight is 445 g/mol. The molecule has 0 aromatic rings. The molecule has 11 N–H and O–H groups in total. The van der Waals surface area contributed by atoms with E-state index in [1.54, 1.807) is 0 Å². The molecule has 0 spiro atoms. The van der Waals surface area contributed by atoms with Gasteiger partial charge in [-0.2, -0.15) is 0 Å². The summed E-state index contributed by atoms with van der Waals surface area (Å²) in [5.74, 6) is -3.75. The number of rotatable bonds is 13. The summed E-state index contributed by atoms with van der Waals surface area (Å²) in [7, 11) is 0. The molecular formula is C17H31N7O7. The molecule has 14 nitrogen and oxygen atoms in total. The molecular weight excluding hydrogens is 414 g/mol. The van der Waals surface area contributed by atoms with Gasteiger partial charge in [-0.1, -0.05) is 0 Å². The third-order valence-electron chi connectivity index (χ3n) is 4.57. The van der Waals surface area contributed by atoms with Crippen LogP contribution < -0.4 is 32.7 Å². The molecule has 1 saturated heterocycles. The van der Waals surface area contributed by atoms with Crippen molar-refractivity contribution < 1.29 is 34.5 Å². The van der Waals surface area contributed by atoms with Crippen LogP contribution >= 0.6 is 0 Å². The van der Waals surface area contributed by atoms with Crippen LogP contribution in [0.15, 0.2) is 4.99 Å². The summed E-state index contributed by atoms with van der Waals surface area (Å²) in [5, 5.41) is 37.5. The summed E-state index contributed by atoms with van der Waals surface area (Å²) in [4.78, 5) is 52.0. The van der Waals surface area contributed by atoms with Gasteiger partial charge in [-0.25, -0.2) is 4.79 Å². The molecule has 0 saturated carbocycles. The number of aliphatic carboxylic acids is 1. The number of hydrogen-bond acceptors (Lipinski definition) is 8. The van der Waals surface area contributed by atoms with Crippen molar-refractivity contribution >= 4 is 29.7 Å². The SMILES string of the molecule is NC(N)=NCCCC(NC(=O)C(CO)NC(=O)C1CCCN1)C(=O)NC(CO)C(=O)O. The maximum Gasteiger partial charge on any atom is 0.328 e. The van der Waals surface area contributed by atoms with E-state index in [0.29, 0.717) is 13.0 Å². The van der Waals surface area contributed by atoms with E-state index in [-0.39, 0.29) is 25.3 Å². The summed E-state index contributed by atoms with van der Waals surface area (Å²) < 4.78 is 0. The molecule has 31 heavy (non-hydrogen) atoms. The van der Waals surface area contributed by atoms with Crippen molar-refractivity contribution in [2.24, 2.45) is 16.5 Å². The third-order valence-corrected chi connectivity index (χ3v) is 4.57. The van der Waals surface area contributed by atoms with Crippen LogP contribution in [0, 0.1) is 0 Å². The predicted molar refractivity (Wildman–Crippen MR) is 109 cm³/mol. The molecule has 1 fully saturated rings. The lowest BCUT2D eigenvalue weighted by molar-refractivity contribution is -0.143. The molecule has 0 bridgehead atoms. The standard InChI is InChI=1S/C17H31N7O7/c18-17(19)21-6-2-4-10(14(28)24-12(8-26)16(30)31)22-15(29)11(7-25)23-13(27)9-3-1-5-20-9/h9-12,20,25-26H,1-8H2,(H,22,29)(H,23,27)(H,24,28)(H,30,31)(H4,18,19,21). The zero-order chi connectivity index (χ0) is 23.4. The summed E-state index contributed by atoms with van der Waals surface area (Å²) in [5.41, 5.74) is 10.5. The van der Waals surface area contributed by atoms with Crippen molar-refractivity contribution in [1.82, 2.24) is 21.3 Å². The van der Waals surface area contributed by atoms with Crippen molar-refractivity contribution in [3.05, 3.63) is 0 Å². The number of nitrogens with zero attached hydrogens (tertiary/aromatic N) is 1. The van der Waals surface area contributed by atoms with E-state index in [1.165, 1.54) is 0 Å². The Morgan fingerprint density at radius 2 is 1.61 bits per heavy atom. The van der Waals surface area contributed by atoms with E-state index < -0.39 is 61.1 Å². The fourth-order valence-electron chi connectivity index (χ4n) is 2.88. The van der Waals surface area contributed by atoms with E-state index in [2.05, 4.69) is 26.3 Å². The van der Waals surface area contributed by atoms with Gasteiger partial charge in [0.1, 0.15) is 18.1 Å². The van der Waals surface area contributed by atoms with Gasteiger partial charge < -0.3 is 48.1 Å². The molecule has 1 heterocycles.